The summed E-state index contributed by atoms with van der Waals surface area (Å²) in [6, 6.07) is 1.64. The summed E-state index contributed by atoms with van der Waals surface area (Å²) in [5.74, 6) is -2.83. The summed E-state index contributed by atoms with van der Waals surface area (Å²) >= 11 is 1.47. The minimum Gasteiger partial charge on any atom is -0.363 e. The molecular formula is C14H20F2OS. The highest BCUT2D eigenvalue weighted by Gasteiger charge is 2.49. The lowest BCUT2D eigenvalue weighted by atomic mass is 9.85. The number of thiophene rings is 1. The van der Waals surface area contributed by atoms with E-state index in [-0.39, 0.29) is 5.56 Å². The Kier molecular flexibility index (Phi) is 3.79. The number of fused-ring (bicyclic) bond motifs is 1. The standard InChI is InChI=1S/C14H20F2OS/c1-4-6-13(7-5-2)12-11(8-10(3)18-12)14(15,16)9-17-13/h8H,4-7,9H2,1-3H3. The number of hydrogen-bond donors (Lipinski definition) is 0. The largest absolute Gasteiger partial charge is 0.363 e. The van der Waals surface area contributed by atoms with Crippen LogP contribution in [0.25, 0.3) is 0 Å². The van der Waals surface area contributed by atoms with Gasteiger partial charge in [-0.05, 0) is 25.8 Å². The van der Waals surface area contributed by atoms with Crippen molar-refractivity contribution in [1.82, 2.24) is 0 Å². The first kappa shape index (κ1) is 13.9. The lowest BCUT2D eigenvalue weighted by Gasteiger charge is -2.40. The molecule has 0 atom stereocenters. The third-order valence-corrected chi connectivity index (χ3v) is 4.74. The molecule has 0 unspecified atom stereocenters. The van der Waals surface area contributed by atoms with Crippen LogP contribution in [0.4, 0.5) is 8.78 Å². The van der Waals surface area contributed by atoms with Crippen LogP contribution in [0, 0.1) is 6.92 Å². The summed E-state index contributed by atoms with van der Waals surface area (Å²) in [6.07, 6.45) is 3.54. The van der Waals surface area contributed by atoms with Crippen LogP contribution in [0.2, 0.25) is 0 Å². The minimum absolute atomic E-state index is 0.207. The molecule has 4 heteroatoms. The highest BCUT2D eigenvalue weighted by Crippen LogP contribution is 2.51. The number of ether oxygens (including phenoxy) is 1. The maximum Gasteiger partial charge on any atom is 0.297 e. The van der Waals surface area contributed by atoms with Crippen molar-refractivity contribution in [3.05, 3.63) is 21.4 Å². The average Bonchev–Trinajstić information content (AvgIpc) is 2.69. The van der Waals surface area contributed by atoms with Gasteiger partial charge < -0.3 is 4.74 Å². The molecule has 0 saturated heterocycles. The van der Waals surface area contributed by atoms with Crippen molar-refractivity contribution < 1.29 is 13.5 Å². The monoisotopic (exact) mass is 274 g/mol. The van der Waals surface area contributed by atoms with Crippen LogP contribution >= 0.6 is 11.3 Å². The second kappa shape index (κ2) is 4.89. The molecule has 0 aromatic carbocycles. The molecule has 2 heterocycles. The molecular weight excluding hydrogens is 254 g/mol. The highest BCUT2D eigenvalue weighted by atomic mass is 32.1. The lowest BCUT2D eigenvalue weighted by Crippen LogP contribution is -2.40. The van der Waals surface area contributed by atoms with Crippen molar-refractivity contribution in [2.24, 2.45) is 0 Å². The fraction of sp³-hybridized carbons (Fsp3) is 0.714. The zero-order valence-corrected chi connectivity index (χ0v) is 12.0. The van der Waals surface area contributed by atoms with E-state index in [4.69, 9.17) is 4.74 Å². The summed E-state index contributed by atoms with van der Waals surface area (Å²) in [5.41, 5.74) is -0.266. The third-order valence-electron chi connectivity index (χ3n) is 3.50. The number of aryl methyl sites for hydroxylation is 1. The predicted molar refractivity (Wildman–Crippen MR) is 70.4 cm³/mol. The van der Waals surface area contributed by atoms with E-state index < -0.39 is 18.1 Å². The van der Waals surface area contributed by atoms with E-state index in [0.29, 0.717) is 0 Å². The molecule has 1 aromatic heterocycles. The third kappa shape index (κ3) is 2.21. The Morgan fingerprint density at radius 1 is 1.28 bits per heavy atom. The van der Waals surface area contributed by atoms with Gasteiger partial charge in [-0.3, -0.25) is 0 Å². The number of rotatable bonds is 4. The van der Waals surface area contributed by atoms with Crippen molar-refractivity contribution in [1.29, 1.82) is 0 Å². The molecule has 0 spiro atoms. The SMILES string of the molecule is CCCC1(CCC)OCC(F)(F)c2cc(C)sc21. The molecule has 0 fully saturated rings. The van der Waals surface area contributed by atoms with Gasteiger partial charge in [-0.1, -0.05) is 26.7 Å². The van der Waals surface area contributed by atoms with Gasteiger partial charge in [0, 0.05) is 15.3 Å². The van der Waals surface area contributed by atoms with Gasteiger partial charge in [0.2, 0.25) is 0 Å². The van der Waals surface area contributed by atoms with Gasteiger partial charge in [-0.25, -0.2) is 0 Å². The maximum atomic E-state index is 13.9. The van der Waals surface area contributed by atoms with E-state index in [1.54, 1.807) is 6.07 Å². The average molecular weight is 274 g/mol. The van der Waals surface area contributed by atoms with Gasteiger partial charge >= 0.3 is 0 Å². The molecule has 0 amide bonds. The Hall–Kier alpha value is -0.480. The zero-order valence-electron chi connectivity index (χ0n) is 11.2. The van der Waals surface area contributed by atoms with E-state index in [0.717, 1.165) is 35.4 Å². The Bertz CT molecular complexity index is 419. The van der Waals surface area contributed by atoms with Crippen molar-refractivity contribution >= 4 is 11.3 Å². The second-order valence-corrected chi connectivity index (χ2v) is 6.34. The number of hydrogen-bond acceptors (Lipinski definition) is 2. The van der Waals surface area contributed by atoms with E-state index in [1.165, 1.54) is 11.3 Å². The van der Waals surface area contributed by atoms with Crippen LogP contribution < -0.4 is 0 Å². The zero-order chi connectivity index (χ0) is 13.4. The molecule has 0 bridgehead atoms. The summed E-state index contributed by atoms with van der Waals surface area (Å²) < 4.78 is 33.5. The fourth-order valence-corrected chi connectivity index (χ4v) is 4.07. The van der Waals surface area contributed by atoms with Crippen LogP contribution in [0.1, 0.15) is 54.8 Å². The van der Waals surface area contributed by atoms with Crippen LogP contribution in [0.5, 0.6) is 0 Å². The Balaban J connectivity index is 2.51. The van der Waals surface area contributed by atoms with Crippen LogP contribution in [0.15, 0.2) is 6.07 Å². The number of halogens is 2. The van der Waals surface area contributed by atoms with Gasteiger partial charge in [-0.15, -0.1) is 11.3 Å². The van der Waals surface area contributed by atoms with E-state index in [2.05, 4.69) is 13.8 Å². The van der Waals surface area contributed by atoms with E-state index in [9.17, 15) is 8.78 Å². The topological polar surface area (TPSA) is 9.23 Å². The molecule has 102 valence electrons. The molecule has 1 nitrogen and oxygen atoms in total. The normalized spacial score (nSPS) is 20.7. The summed E-state index contributed by atoms with van der Waals surface area (Å²) in [6.45, 7) is 5.57. The lowest BCUT2D eigenvalue weighted by molar-refractivity contribution is -0.172. The van der Waals surface area contributed by atoms with E-state index in [1.807, 2.05) is 6.92 Å². The van der Waals surface area contributed by atoms with Gasteiger partial charge in [0.15, 0.2) is 0 Å². The second-order valence-electron chi connectivity index (χ2n) is 5.09. The molecule has 1 aliphatic rings. The first-order valence-electron chi connectivity index (χ1n) is 6.58. The molecule has 0 N–H and O–H groups in total. The summed E-state index contributed by atoms with van der Waals surface area (Å²) in [7, 11) is 0. The molecule has 1 aromatic rings. The van der Waals surface area contributed by atoms with Crippen LogP contribution in [-0.4, -0.2) is 6.61 Å². The molecule has 2 rings (SSSR count). The van der Waals surface area contributed by atoms with Crippen LogP contribution in [-0.2, 0) is 16.3 Å². The van der Waals surface area contributed by atoms with Gasteiger partial charge in [0.05, 0.1) is 0 Å². The quantitative estimate of drug-likeness (QED) is 0.753. The molecule has 1 aliphatic heterocycles. The number of alkyl halides is 2. The van der Waals surface area contributed by atoms with Crippen molar-refractivity contribution in [3.8, 4) is 0 Å². The van der Waals surface area contributed by atoms with Crippen molar-refractivity contribution in [2.75, 3.05) is 6.61 Å². The van der Waals surface area contributed by atoms with Gasteiger partial charge in [0.1, 0.15) is 12.2 Å². The van der Waals surface area contributed by atoms with Gasteiger partial charge in [-0.2, -0.15) is 8.78 Å². The Labute approximate surface area is 111 Å². The Morgan fingerprint density at radius 2 is 1.89 bits per heavy atom. The predicted octanol–water partition coefficient (Wildman–Crippen LogP) is 4.97. The van der Waals surface area contributed by atoms with Crippen molar-refractivity contribution in [2.45, 2.75) is 58.0 Å². The van der Waals surface area contributed by atoms with Gasteiger partial charge in [0.25, 0.3) is 5.92 Å². The summed E-state index contributed by atoms with van der Waals surface area (Å²) in [4.78, 5) is 1.71. The highest BCUT2D eigenvalue weighted by molar-refractivity contribution is 7.12. The minimum atomic E-state index is -2.83. The first-order valence-corrected chi connectivity index (χ1v) is 7.40. The molecule has 18 heavy (non-hydrogen) atoms. The van der Waals surface area contributed by atoms with Crippen molar-refractivity contribution in [3.63, 3.8) is 0 Å². The first-order chi connectivity index (χ1) is 8.45. The molecule has 0 radical (unpaired) electrons. The molecule has 0 aliphatic carbocycles. The summed E-state index contributed by atoms with van der Waals surface area (Å²) in [5, 5.41) is 0. The van der Waals surface area contributed by atoms with E-state index >= 15 is 0 Å². The molecule has 0 saturated carbocycles. The fourth-order valence-electron chi connectivity index (χ4n) is 2.80. The maximum absolute atomic E-state index is 13.9. The van der Waals surface area contributed by atoms with Crippen LogP contribution in [0.3, 0.4) is 0 Å². The Morgan fingerprint density at radius 3 is 2.44 bits per heavy atom. The smallest absolute Gasteiger partial charge is 0.297 e.